The number of rotatable bonds is 7. The number of ether oxygens (including phenoxy) is 1. The van der Waals surface area contributed by atoms with Crippen molar-refractivity contribution in [3.8, 4) is 5.75 Å². The van der Waals surface area contributed by atoms with Crippen molar-refractivity contribution >= 4 is 5.91 Å². The molecule has 0 saturated carbocycles. The van der Waals surface area contributed by atoms with Crippen LogP contribution >= 0.6 is 0 Å². The summed E-state index contributed by atoms with van der Waals surface area (Å²) in [4.78, 5) is 11.9. The molecule has 1 atom stereocenters. The maximum absolute atomic E-state index is 11.9. The van der Waals surface area contributed by atoms with Crippen LogP contribution in [0.1, 0.15) is 17.5 Å². The molecule has 1 fully saturated rings. The number of carbonyl (C=O) groups is 1. The first-order valence-corrected chi connectivity index (χ1v) is 8.55. The summed E-state index contributed by atoms with van der Waals surface area (Å²) in [6, 6.07) is 18.6. The highest BCUT2D eigenvalue weighted by molar-refractivity contribution is 5.79. The Bertz CT molecular complexity index is 634. The number of carbonyl (C=O) groups excluding carboxylic acids is 1. The van der Waals surface area contributed by atoms with Crippen molar-refractivity contribution in [1.29, 1.82) is 0 Å². The quantitative estimate of drug-likeness (QED) is 0.769. The lowest BCUT2D eigenvalue weighted by Crippen LogP contribution is -2.34. The van der Waals surface area contributed by atoms with Gasteiger partial charge in [0.15, 0.2) is 0 Å². The maximum atomic E-state index is 11.9. The SMILES string of the molecule is O=C(NCCOc1ccc(Cc2ccccc2)cc1)C1CCNC1. The van der Waals surface area contributed by atoms with E-state index in [1.807, 2.05) is 18.2 Å². The first-order chi connectivity index (χ1) is 11.8. The zero-order chi connectivity index (χ0) is 16.6. The van der Waals surface area contributed by atoms with Gasteiger partial charge in [-0.1, -0.05) is 42.5 Å². The average Bonchev–Trinajstić information content (AvgIpc) is 3.16. The van der Waals surface area contributed by atoms with Crippen molar-refractivity contribution in [2.24, 2.45) is 5.92 Å². The van der Waals surface area contributed by atoms with Gasteiger partial charge in [0.2, 0.25) is 5.91 Å². The Morgan fingerprint density at radius 2 is 1.83 bits per heavy atom. The summed E-state index contributed by atoms with van der Waals surface area (Å²) < 4.78 is 5.69. The van der Waals surface area contributed by atoms with Gasteiger partial charge in [0.05, 0.1) is 12.5 Å². The van der Waals surface area contributed by atoms with Crippen LogP contribution in [0.3, 0.4) is 0 Å². The molecule has 1 unspecified atom stereocenters. The molecule has 24 heavy (non-hydrogen) atoms. The summed E-state index contributed by atoms with van der Waals surface area (Å²) in [7, 11) is 0. The molecule has 3 rings (SSSR count). The van der Waals surface area contributed by atoms with E-state index in [4.69, 9.17) is 4.74 Å². The third kappa shape index (κ3) is 4.83. The van der Waals surface area contributed by atoms with Crippen LogP contribution in [0.4, 0.5) is 0 Å². The molecule has 1 aliphatic heterocycles. The maximum Gasteiger partial charge on any atom is 0.224 e. The van der Waals surface area contributed by atoms with E-state index >= 15 is 0 Å². The number of hydrogen-bond donors (Lipinski definition) is 2. The van der Waals surface area contributed by atoms with Gasteiger partial charge >= 0.3 is 0 Å². The van der Waals surface area contributed by atoms with Crippen LogP contribution in [0, 0.1) is 5.92 Å². The van der Waals surface area contributed by atoms with Crippen LogP contribution in [0.2, 0.25) is 0 Å². The van der Waals surface area contributed by atoms with Crippen molar-refractivity contribution in [3.05, 3.63) is 65.7 Å². The third-order valence-electron chi connectivity index (χ3n) is 4.28. The fourth-order valence-corrected chi connectivity index (χ4v) is 2.90. The van der Waals surface area contributed by atoms with Crippen LogP contribution in [-0.2, 0) is 11.2 Å². The zero-order valence-electron chi connectivity index (χ0n) is 13.8. The molecular formula is C20H24N2O2. The van der Waals surface area contributed by atoms with Gasteiger partial charge in [-0.2, -0.15) is 0 Å². The average molecular weight is 324 g/mol. The predicted molar refractivity (Wildman–Crippen MR) is 95.2 cm³/mol. The summed E-state index contributed by atoms with van der Waals surface area (Å²) in [5.41, 5.74) is 2.56. The van der Waals surface area contributed by atoms with Gasteiger partial charge in [-0.05, 0) is 42.6 Å². The molecule has 1 heterocycles. The molecule has 1 amide bonds. The Morgan fingerprint density at radius 1 is 1.08 bits per heavy atom. The lowest BCUT2D eigenvalue weighted by Gasteiger charge is -2.11. The van der Waals surface area contributed by atoms with E-state index in [0.29, 0.717) is 13.2 Å². The van der Waals surface area contributed by atoms with Crippen LogP contribution in [0.15, 0.2) is 54.6 Å². The molecule has 1 aliphatic rings. The zero-order valence-corrected chi connectivity index (χ0v) is 13.8. The molecule has 2 aromatic carbocycles. The second-order valence-corrected chi connectivity index (χ2v) is 6.14. The van der Waals surface area contributed by atoms with E-state index in [1.165, 1.54) is 11.1 Å². The minimum Gasteiger partial charge on any atom is -0.492 e. The molecule has 4 nitrogen and oxygen atoms in total. The lowest BCUT2D eigenvalue weighted by molar-refractivity contribution is -0.124. The fraction of sp³-hybridized carbons (Fsp3) is 0.350. The van der Waals surface area contributed by atoms with Gasteiger partial charge in [0.25, 0.3) is 0 Å². The van der Waals surface area contributed by atoms with Crippen LogP contribution in [-0.4, -0.2) is 32.1 Å². The minimum atomic E-state index is 0.113. The van der Waals surface area contributed by atoms with E-state index < -0.39 is 0 Å². The molecule has 0 radical (unpaired) electrons. The first-order valence-electron chi connectivity index (χ1n) is 8.55. The topological polar surface area (TPSA) is 50.4 Å². The highest BCUT2D eigenvalue weighted by Crippen LogP contribution is 2.15. The highest BCUT2D eigenvalue weighted by Gasteiger charge is 2.21. The van der Waals surface area contributed by atoms with Crippen LogP contribution in [0.25, 0.3) is 0 Å². The monoisotopic (exact) mass is 324 g/mol. The number of amides is 1. The second kappa shape index (κ2) is 8.50. The molecule has 2 aromatic rings. The van der Waals surface area contributed by atoms with Gasteiger partial charge in [-0.3, -0.25) is 4.79 Å². The normalized spacial score (nSPS) is 16.8. The number of hydrogen-bond acceptors (Lipinski definition) is 3. The number of benzene rings is 2. The Hall–Kier alpha value is -2.33. The highest BCUT2D eigenvalue weighted by atomic mass is 16.5. The van der Waals surface area contributed by atoms with Crippen molar-refractivity contribution in [1.82, 2.24) is 10.6 Å². The summed E-state index contributed by atoms with van der Waals surface area (Å²) in [6.45, 7) is 2.75. The van der Waals surface area contributed by atoms with Gasteiger partial charge < -0.3 is 15.4 Å². The number of nitrogens with one attached hydrogen (secondary N) is 2. The fourth-order valence-electron chi connectivity index (χ4n) is 2.90. The van der Waals surface area contributed by atoms with E-state index in [1.54, 1.807) is 0 Å². The van der Waals surface area contributed by atoms with E-state index in [-0.39, 0.29) is 11.8 Å². The van der Waals surface area contributed by atoms with Crippen molar-refractivity contribution in [3.63, 3.8) is 0 Å². The summed E-state index contributed by atoms with van der Waals surface area (Å²) in [5.74, 6) is 1.08. The van der Waals surface area contributed by atoms with Crippen molar-refractivity contribution < 1.29 is 9.53 Å². The second-order valence-electron chi connectivity index (χ2n) is 6.14. The molecule has 0 aromatic heterocycles. The minimum absolute atomic E-state index is 0.113. The summed E-state index contributed by atoms with van der Waals surface area (Å²) in [5, 5.41) is 6.13. The van der Waals surface area contributed by atoms with E-state index in [0.717, 1.165) is 31.7 Å². The van der Waals surface area contributed by atoms with Crippen LogP contribution in [0.5, 0.6) is 5.75 Å². The van der Waals surface area contributed by atoms with E-state index in [9.17, 15) is 4.79 Å². The Labute approximate surface area is 143 Å². The van der Waals surface area contributed by atoms with Gasteiger partial charge in [-0.15, -0.1) is 0 Å². The smallest absolute Gasteiger partial charge is 0.224 e. The Balaban J connectivity index is 1.39. The summed E-state index contributed by atoms with van der Waals surface area (Å²) >= 11 is 0. The molecule has 4 heteroatoms. The molecule has 126 valence electrons. The van der Waals surface area contributed by atoms with Crippen molar-refractivity contribution in [2.75, 3.05) is 26.2 Å². The summed E-state index contributed by atoms with van der Waals surface area (Å²) in [6.07, 6.45) is 1.85. The third-order valence-corrected chi connectivity index (χ3v) is 4.28. The molecule has 0 aliphatic carbocycles. The van der Waals surface area contributed by atoms with Gasteiger partial charge in [-0.25, -0.2) is 0 Å². The standard InChI is InChI=1S/C20H24N2O2/c23-20(18-10-11-21-15-18)22-12-13-24-19-8-6-17(7-9-19)14-16-4-2-1-3-5-16/h1-9,18,21H,10-15H2,(H,22,23). The van der Waals surface area contributed by atoms with Gasteiger partial charge in [0, 0.05) is 6.54 Å². The molecule has 0 bridgehead atoms. The van der Waals surface area contributed by atoms with Gasteiger partial charge in [0.1, 0.15) is 12.4 Å². The lowest BCUT2D eigenvalue weighted by atomic mass is 10.1. The van der Waals surface area contributed by atoms with Crippen LogP contribution < -0.4 is 15.4 Å². The Kier molecular flexibility index (Phi) is 5.85. The van der Waals surface area contributed by atoms with Crippen molar-refractivity contribution in [2.45, 2.75) is 12.8 Å². The molecule has 0 spiro atoms. The van der Waals surface area contributed by atoms with E-state index in [2.05, 4.69) is 47.0 Å². The predicted octanol–water partition coefficient (Wildman–Crippen LogP) is 2.38. The Morgan fingerprint density at radius 3 is 2.54 bits per heavy atom. The first kappa shape index (κ1) is 16.5. The largest absolute Gasteiger partial charge is 0.492 e. The molecule has 2 N–H and O–H groups in total. The molecule has 1 saturated heterocycles. The molecular weight excluding hydrogens is 300 g/mol.